The Morgan fingerprint density at radius 3 is 2.29 bits per heavy atom. The predicted molar refractivity (Wildman–Crippen MR) is 137 cm³/mol. The first-order chi connectivity index (χ1) is 16.7. The van der Waals surface area contributed by atoms with Gasteiger partial charge in [-0.15, -0.1) is 0 Å². The quantitative estimate of drug-likeness (QED) is 0.408. The van der Waals surface area contributed by atoms with Crippen LogP contribution in [0.3, 0.4) is 0 Å². The summed E-state index contributed by atoms with van der Waals surface area (Å²) in [6.45, 7) is 4.15. The number of nitrogens with one attached hydrogen (secondary N) is 1. The van der Waals surface area contributed by atoms with Crippen LogP contribution in [0.15, 0.2) is 60.7 Å². The Balaban J connectivity index is 1.52. The maximum atomic E-state index is 13.2. The van der Waals surface area contributed by atoms with Crippen molar-refractivity contribution < 1.29 is 19.1 Å². The van der Waals surface area contributed by atoms with Gasteiger partial charge < -0.3 is 15.0 Å². The minimum atomic E-state index is -0.639. The Hall–Kier alpha value is -3.35. The molecule has 1 atom stereocenters. The molecule has 0 bridgehead atoms. The van der Waals surface area contributed by atoms with Gasteiger partial charge in [0.1, 0.15) is 6.04 Å². The summed E-state index contributed by atoms with van der Waals surface area (Å²) in [4.78, 5) is 39.6. The largest absolute Gasteiger partial charge is 0.467 e. The summed E-state index contributed by atoms with van der Waals surface area (Å²) in [5.41, 5.74) is 4.12. The zero-order valence-electron chi connectivity index (χ0n) is 19.5. The fourth-order valence-corrected chi connectivity index (χ4v) is 4.72. The van der Waals surface area contributed by atoms with Gasteiger partial charge in [-0.1, -0.05) is 61.3 Å². The van der Waals surface area contributed by atoms with Gasteiger partial charge in [-0.05, 0) is 59.0 Å². The summed E-state index contributed by atoms with van der Waals surface area (Å²) in [5.74, 6) is -1.02. The smallest absolute Gasteiger partial charge is 0.328 e. The van der Waals surface area contributed by atoms with E-state index in [2.05, 4.69) is 5.32 Å². The molecule has 8 heteroatoms. The number of halogens is 2. The fraction of sp³-hybridized carbons (Fsp3) is 0.222. The highest BCUT2D eigenvalue weighted by atomic mass is 35.5. The van der Waals surface area contributed by atoms with Gasteiger partial charge in [-0.2, -0.15) is 0 Å². The molecule has 4 rings (SSSR count). The second-order valence-corrected chi connectivity index (χ2v) is 9.52. The van der Waals surface area contributed by atoms with E-state index in [1.54, 1.807) is 29.2 Å². The van der Waals surface area contributed by atoms with Crippen LogP contribution >= 0.6 is 23.2 Å². The zero-order valence-corrected chi connectivity index (χ0v) is 21.0. The number of carbonyl (C=O) groups excluding carboxylic acids is 3. The minimum absolute atomic E-state index is 0.0781. The zero-order chi connectivity index (χ0) is 25.3. The number of fused-ring (bicyclic) bond motifs is 1. The number of amides is 2. The van der Waals surface area contributed by atoms with Gasteiger partial charge in [0.15, 0.2) is 0 Å². The van der Waals surface area contributed by atoms with E-state index in [-0.39, 0.29) is 22.8 Å². The van der Waals surface area contributed by atoms with Crippen LogP contribution in [0.25, 0.3) is 11.1 Å². The molecular formula is C27H24Cl2N2O4. The standard InChI is InChI=1S/C27H24Cl2N2O4/c1-15(2)24(27(34)35-3)31-14-18-5-4-17(12-22(18)26(31)33)16-6-9-20(10-7-16)30-25(32)21-11-8-19(28)13-23(21)29/h4-13,15,24H,14H2,1-3H3,(H,30,32). The maximum absolute atomic E-state index is 13.2. The van der Waals surface area contributed by atoms with Crippen LogP contribution < -0.4 is 5.32 Å². The van der Waals surface area contributed by atoms with Gasteiger partial charge in [0, 0.05) is 22.8 Å². The number of hydrogen-bond acceptors (Lipinski definition) is 4. The van der Waals surface area contributed by atoms with E-state index in [4.69, 9.17) is 27.9 Å². The molecule has 3 aromatic rings. The summed E-state index contributed by atoms with van der Waals surface area (Å²) in [6.07, 6.45) is 0. The van der Waals surface area contributed by atoms with E-state index < -0.39 is 12.0 Å². The molecule has 1 aliphatic heterocycles. The Bertz CT molecular complexity index is 1310. The van der Waals surface area contributed by atoms with E-state index in [0.29, 0.717) is 28.4 Å². The number of rotatable bonds is 6. The molecule has 1 aliphatic rings. The van der Waals surface area contributed by atoms with E-state index in [0.717, 1.165) is 16.7 Å². The number of hydrogen-bond donors (Lipinski definition) is 1. The van der Waals surface area contributed by atoms with E-state index in [1.165, 1.54) is 13.2 Å². The number of ether oxygens (including phenoxy) is 1. The van der Waals surface area contributed by atoms with Gasteiger partial charge in [0.2, 0.25) is 0 Å². The highest BCUT2D eigenvalue weighted by molar-refractivity contribution is 6.37. The first-order valence-corrected chi connectivity index (χ1v) is 11.8. The number of benzene rings is 3. The van der Waals surface area contributed by atoms with Crippen molar-refractivity contribution in [3.05, 3.63) is 87.4 Å². The third kappa shape index (κ3) is 5.04. The van der Waals surface area contributed by atoms with Crippen LogP contribution in [0, 0.1) is 5.92 Å². The average molecular weight is 511 g/mol. The summed E-state index contributed by atoms with van der Waals surface area (Å²) in [5, 5.41) is 3.55. The number of carbonyl (C=O) groups is 3. The molecule has 2 amide bonds. The van der Waals surface area contributed by atoms with Crippen LogP contribution in [0.1, 0.15) is 40.1 Å². The molecule has 3 aromatic carbocycles. The Kier molecular flexibility index (Phi) is 7.15. The first-order valence-electron chi connectivity index (χ1n) is 11.1. The van der Waals surface area contributed by atoms with Crippen molar-refractivity contribution in [3.63, 3.8) is 0 Å². The van der Waals surface area contributed by atoms with Crippen molar-refractivity contribution in [3.8, 4) is 11.1 Å². The van der Waals surface area contributed by atoms with Crippen molar-refractivity contribution >= 4 is 46.7 Å². The lowest BCUT2D eigenvalue weighted by Crippen LogP contribution is -2.45. The first kappa shape index (κ1) is 24.8. The molecule has 0 fully saturated rings. The molecule has 0 radical (unpaired) electrons. The molecule has 1 N–H and O–H groups in total. The van der Waals surface area contributed by atoms with Crippen LogP contribution in [0.4, 0.5) is 5.69 Å². The molecule has 1 unspecified atom stereocenters. The second-order valence-electron chi connectivity index (χ2n) is 8.67. The highest BCUT2D eigenvalue weighted by Gasteiger charge is 2.38. The lowest BCUT2D eigenvalue weighted by atomic mass is 10.00. The monoisotopic (exact) mass is 510 g/mol. The molecule has 0 saturated heterocycles. The normalized spacial score (nSPS) is 13.5. The van der Waals surface area contributed by atoms with E-state index >= 15 is 0 Å². The van der Waals surface area contributed by atoms with Crippen molar-refractivity contribution in [2.24, 2.45) is 5.92 Å². The molecule has 0 aliphatic carbocycles. The molecule has 1 heterocycles. The minimum Gasteiger partial charge on any atom is -0.467 e. The molecule has 35 heavy (non-hydrogen) atoms. The molecule has 0 spiro atoms. The molecular weight excluding hydrogens is 487 g/mol. The van der Waals surface area contributed by atoms with Crippen LogP contribution in [0.2, 0.25) is 10.0 Å². The molecule has 0 aromatic heterocycles. The summed E-state index contributed by atoms with van der Waals surface area (Å²) < 4.78 is 4.93. The summed E-state index contributed by atoms with van der Waals surface area (Å²) in [7, 11) is 1.33. The van der Waals surface area contributed by atoms with Gasteiger partial charge in [-0.25, -0.2) is 4.79 Å². The highest BCUT2D eigenvalue weighted by Crippen LogP contribution is 2.32. The van der Waals surface area contributed by atoms with Crippen LogP contribution in [-0.4, -0.2) is 35.8 Å². The fourth-order valence-electron chi connectivity index (χ4n) is 4.23. The van der Waals surface area contributed by atoms with Crippen LogP contribution in [0.5, 0.6) is 0 Å². The molecule has 6 nitrogen and oxygen atoms in total. The van der Waals surface area contributed by atoms with Gasteiger partial charge >= 0.3 is 5.97 Å². The lowest BCUT2D eigenvalue weighted by Gasteiger charge is -2.28. The van der Waals surface area contributed by atoms with Gasteiger partial charge in [0.25, 0.3) is 11.8 Å². The van der Waals surface area contributed by atoms with Crippen LogP contribution in [-0.2, 0) is 16.1 Å². The Morgan fingerprint density at radius 2 is 1.66 bits per heavy atom. The Labute approximate surface area is 213 Å². The molecule has 180 valence electrons. The molecule has 0 saturated carbocycles. The summed E-state index contributed by atoms with van der Waals surface area (Å²) in [6, 6.07) is 17.1. The maximum Gasteiger partial charge on any atom is 0.328 e. The SMILES string of the molecule is COC(=O)C(C(C)C)N1Cc2ccc(-c3ccc(NC(=O)c4ccc(Cl)cc4Cl)cc3)cc2C1=O. The Morgan fingerprint density at radius 1 is 0.971 bits per heavy atom. The van der Waals surface area contributed by atoms with E-state index in [9.17, 15) is 14.4 Å². The van der Waals surface area contributed by atoms with Gasteiger partial charge in [-0.3, -0.25) is 9.59 Å². The number of anilines is 1. The van der Waals surface area contributed by atoms with Crippen molar-refractivity contribution in [2.45, 2.75) is 26.4 Å². The van der Waals surface area contributed by atoms with Crippen molar-refractivity contribution in [1.82, 2.24) is 4.90 Å². The third-order valence-electron chi connectivity index (χ3n) is 6.00. The lowest BCUT2D eigenvalue weighted by molar-refractivity contribution is -0.147. The number of nitrogens with zero attached hydrogens (tertiary/aromatic N) is 1. The predicted octanol–water partition coefficient (Wildman–Crippen LogP) is 6.07. The third-order valence-corrected chi connectivity index (χ3v) is 6.55. The number of methoxy groups -OCH3 is 1. The number of esters is 1. The summed E-state index contributed by atoms with van der Waals surface area (Å²) >= 11 is 12.0. The van der Waals surface area contributed by atoms with Crippen molar-refractivity contribution in [1.29, 1.82) is 0 Å². The van der Waals surface area contributed by atoms with Gasteiger partial charge in [0.05, 0.1) is 17.7 Å². The topological polar surface area (TPSA) is 75.7 Å². The van der Waals surface area contributed by atoms with Crippen molar-refractivity contribution in [2.75, 3.05) is 12.4 Å². The second kappa shape index (κ2) is 10.1. The van der Waals surface area contributed by atoms with E-state index in [1.807, 2.05) is 44.2 Å². The average Bonchev–Trinajstić information content (AvgIpc) is 3.14.